The van der Waals surface area contributed by atoms with E-state index < -0.39 is 0 Å². The van der Waals surface area contributed by atoms with Gasteiger partial charge in [-0.3, -0.25) is 4.90 Å². The maximum Gasteiger partial charge on any atom is 0.0139 e. The Morgan fingerprint density at radius 2 is 2.08 bits per heavy atom. The van der Waals surface area contributed by atoms with Gasteiger partial charge in [-0.1, -0.05) is 20.8 Å². The van der Waals surface area contributed by atoms with E-state index in [4.69, 9.17) is 5.73 Å². The van der Waals surface area contributed by atoms with E-state index in [2.05, 4.69) is 18.7 Å². The van der Waals surface area contributed by atoms with Crippen LogP contribution in [0.1, 0.15) is 47.0 Å². The zero-order valence-corrected chi connectivity index (χ0v) is 9.71. The van der Waals surface area contributed by atoms with Crippen LogP contribution in [0.3, 0.4) is 0 Å². The molecule has 2 heteroatoms. The summed E-state index contributed by atoms with van der Waals surface area (Å²) in [5, 5.41) is 0. The molecule has 0 aliphatic carbocycles. The molecule has 1 aliphatic rings. The molecule has 13 heavy (non-hydrogen) atoms. The second-order valence-electron chi connectivity index (χ2n) is 3.68. The number of likely N-dealkylation sites (tertiary alicyclic amines) is 1. The van der Waals surface area contributed by atoms with E-state index in [0.29, 0.717) is 6.04 Å². The first-order chi connectivity index (χ1) is 6.24. The first-order valence-electron chi connectivity index (χ1n) is 5.73. The van der Waals surface area contributed by atoms with Crippen molar-refractivity contribution in [3.8, 4) is 0 Å². The lowest BCUT2D eigenvalue weighted by Crippen LogP contribution is -2.38. The molecule has 0 aromatic heterocycles. The number of hydrogen-bond donors (Lipinski definition) is 1. The molecule has 2 nitrogen and oxygen atoms in total. The summed E-state index contributed by atoms with van der Waals surface area (Å²) in [6.07, 6.45) is 4.03. The number of nitrogens with zero attached hydrogens (tertiary/aromatic N) is 1. The van der Waals surface area contributed by atoms with E-state index in [0.717, 1.165) is 12.6 Å². The Morgan fingerprint density at radius 1 is 1.46 bits per heavy atom. The predicted octanol–water partition coefficient (Wildman–Crippen LogP) is 2.23. The quantitative estimate of drug-likeness (QED) is 0.732. The molecule has 2 atom stereocenters. The standard InChI is InChI=1S/C9H20N2.C2H6/c1-3-9-5-4-6-11(9)7-8(2)10;1-2/h8-9H,3-7,10H2,1-2H3;1-2H3. The Balaban J connectivity index is 0.000000671. The van der Waals surface area contributed by atoms with Gasteiger partial charge in [0.25, 0.3) is 0 Å². The van der Waals surface area contributed by atoms with Crippen molar-refractivity contribution in [3.63, 3.8) is 0 Å². The van der Waals surface area contributed by atoms with Crippen molar-refractivity contribution >= 4 is 0 Å². The summed E-state index contributed by atoms with van der Waals surface area (Å²) in [4.78, 5) is 2.53. The van der Waals surface area contributed by atoms with Gasteiger partial charge in [0, 0.05) is 18.6 Å². The first-order valence-corrected chi connectivity index (χ1v) is 5.73. The summed E-state index contributed by atoms with van der Waals surface area (Å²) >= 11 is 0. The second kappa shape index (κ2) is 7.34. The van der Waals surface area contributed by atoms with Crippen molar-refractivity contribution in [2.45, 2.75) is 59.0 Å². The predicted molar refractivity (Wildman–Crippen MR) is 59.9 cm³/mol. The minimum Gasteiger partial charge on any atom is -0.327 e. The van der Waals surface area contributed by atoms with Crippen LogP contribution >= 0.6 is 0 Å². The largest absolute Gasteiger partial charge is 0.327 e. The highest BCUT2D eigenvalue weighted by Crippen LogP contribution is 2.19. The van der Waals surface area contributed by atoms with Gasteiger partial charge >= 0.3 is 0 Å². The third-order valence-electron chi connectivity index (χ3n) is 2.49. The van der Waals surface area contributed by atoms with Gasteiger partial charge in [-0.2, -0.15) is 0 Å². The second-order valence-corrected chi connectivity index (χ2v) is 3.68. The van der Waals surface area contributed by atoms with Gasteiger partial charge < -0.3 is 5.73 Å². The smallest absolute Gasteiger partial charge is 0.0139 e. The Kier molecular flexibility index (Phi) is 7.29. The first kappa shape index (κ1) is 12.9. The summed E-state index contributed by atoms with van der Waals surface area (Å²) in [6, 6.07) is 1.16. The monoisotopic (exact) mass is 186 g/mol. The molecule has 0 saturated carbocycles. The molecule has 80 valence electrons. The van der Waals surface area contributed by atoms with Gasteiger partial charge in [0.15, 0.2) is 0 Å². The normalized spacial score (nSPS) is 25.2. The van der Waals surface area contributed by atoms with Gasteiger partial charge in [0.2, 0.25) is 0 Å². The van der Waals surface area contributed by atoms with Crippen molar-refractivity contribution in [1.29, 1.82) is 0 Å². The van der Waals surface area contributed by atoms with Gasteiger partial charge in [-0.05, 0) is 32.7 Å². The summed E-state index contributed by atoms with van der Waals surface area (Å²) in [5.41, 5.74) is 5.75. The molecule has 2 N–H and O–H groups in total. The van der Waals surface area contributed by atoms with Crippen molar-refractivity contribution in [2.75, 3.05) is 13.1 Å². The Hall–Kier alpha value is -0.0800. The Bertz CT molecular complexity index is 113. The summed E-state index contributed by atoms with van der Waals surface area (Å²) in [7, 11) is 0. The van der Waals surface area contributed by atoms with Crippen molar-refractivity contribution in [2.24, 2.45) is 5.73 Å². The van der Waals surface area contributed by atoms with Crippen LogP contribution in [0, 0.1) is 0 Å². The number of nitrogens with two attached hydrogens (primary N) is 1. The van der Waals surface area contributed by atoms with Crippen LogP contribution in [0.15, 0.2) is 0 Å². The molecule has 0 aromatic rings. The molecule has 1 rings (SSSR count). The van der Waals surface area contributed by atoms with E-state index in [9.17, 15) is 0 Å². The molecular formula is C11H26N2. The van der Waals surface area contributed by atoms with E-state index in [1.165, 1.54) is 25.8 Å². The molecule has 0 amide bonds. The van der Waals surface area contributed by atoms with Crippen LogP contribution in [0.5, 0.6) is 0 Å². The highest BCUT2D eigenvalue weighted by Gasteiger charge is 2.22. The molecule has 1 fully saturated rings. The van der Waals surface area contributed by atoms with Gasteiger partial charge in [0.1, 0.15) is 0 Å². The third-order valence-corrected chi connectivity index (χ3v) is 2.49. The third kappa shape index (κ3) is 4.63. The lowest BCUT2D eigenvalue weighted by atomic mass is 10.1. The lowest BCUT2D eigenvalue weighted by Gasteiger charge is -2.24. The van der Waals surface area contributed by atoms with Crippen molar-refractivity contribution in [1.82, 2.24) is 4.90 Å². The molecule has 1 saturated heterocycles. The molecule has 0 radical (unpaired) electrons. The fourth-order valence-electron chi connectivity index (χ4n) is 1.97. The molecule has 0 aromatic carbocycles. The van der Waals surface area contributed by atoms with E-state index in [1.807, 2.05) is 13.8 Å². The average molecular weight is 186 g/mol. The molecular weight excluding hydrogens is 160 g/mol. The molecule has 0 bridgehead atoms. The van der Waals surface area contributed by atoms with Crippen LogP contribution in [0.4, 0.5) is 0 Å². The van der Waals surface area contributed by atoms with Crippen LogP contribution in [0.2, 0.25) is 0 Å². The number of rotatable bonds is 3. The summed E-state index contributed by atoms with van der Waals surface area (Å²) < 4.78 is 0. The molecule has 2 unspecified atom stereocenters. The fraction of sp³-hybridized carbons (Fsp3) is 1.00. The van der Waals surface area contributed by atoms with Crippen molar-refractivity contribution in [3.05, 3.63) is 0 Å². The minimum absolute atomic E-state index is 0.335. The lowest BCUT2D eigenvalue weighted by molar-refractivity contribution is 0.237. The van der Waals surface area contributed by atoms with E-state index >= 15 is 0 Å². The minimum atomic E-state index is 0.335. The van der Waals surface area contributed by atoms with Gasteiger partial charge in [0.05, 0.1) is 0 Å². The topological polar surface area (TPSA) is 29.3 Å². The van der Waals surface area contributed by atoms with Crippen LogP contribution in [-0.2, 0) is 0 Å². The maximum atomic E-state index is 5.75. The van der Waals surface area contributed by atoms with Crippen LogP contribution in [0.25, 0.3) is 0 Å². The molecule has 0 spiro atoms. The molecule has 1 aliphatic heterocycles. The van der Waals surface area contributed by atoms with Crippen LogP contribution in [-0.4, -0.2) is 30.1 Å². The number of hydrogen-bond acceptors (Lipinski definition) is 2. The summed E-state index contributed by atoms with van der Waals surface area (Å²) in [6.45, 7) is 10.7. The zero-order chi connectivity index (χ0) is 10.3. The summed E-state index contributed by atoms with van der Waals surface area (Å²) in [5.74, 6) is 0. The van der Waals surface area contributed by atoms with E-state index in [-0.39, 0.29) is 0 Å². The highest BCUT2D eigenvalue weighted by molar-refractivity contribution is 4.79. The highest BCUT2D eigenvalue weighted by atomic mass is 15.2. The van der Waals surface area contributed by atoms with Crippen molar-refractivity contribution < 1.29 is 0 Å². The average Bonchev–Trinajstić information content (AvgIpc) is 2.54. The zero-order valence-electron chi connectivity index (χ0n) is 9.71. The van der Waals surface area contributed by atoms with Crippen LogP contribution < -0.4 is 5.73 Å². The Labute approximate surface area is 83.5 Å². The van der Waals surface area contributed by atoms with Gasteiger partial charge in [-0.25, -0.2) is 0 Å². The molecule has 1 heterocycles. The maximum absolute atomic E-state index is 5.75. The van der Waals surface area contributed by atoms with E-state index in [1.54, 1.807) is 0 Å². The SMILES string of the molecule is CC.CCC1CCCN1CC(C)N. The Morgan fingerprint density at radius 3 is 2.54 bits per heavy atom. The fourth-order valence-corrected chi connectivity index (χ4v) is 1.97. The van der Waals surface area contributed by atoms with Gasteiger partial charge in [-0.15, -0.1) is 0 Å².